The number of ether oxygens (including phenoxy) is 1. The summed E-state index contributed by atoms with van der Waals surface area (Å²) in [5.41, 5.74) is 2.54. The molecule has 2 aromatic carbocycles. The molecule has 3 aromatic rings. The van der Waals surface area contributed by atoms with Gasteiger partial charge in [-0.2, -0.15) is 5.21 Å². The van der Waals surface area contributed by atoms with Gasteiger partial charge in [-0.1, -0.05) is 23.4 Å². The summed E-state index contributed by atoms with van der Waals surface area (Å²) in [6.07, 6.45) is 0.327. The molecule has 1 heterocycles. The molecule has 0 aliphatic rings. The van der Waals surface area contributed by atoms with Gasteiger partial charge in [0.15, 0.2) is 17.3 Å². The van der Waals surface area contributed by atoms with E-state index >= 15 is 0 Å². The number of phenols is 1. The van der Waals surface area contributed by atoms with Gasteiger partial charge in [0, 0.05) is 5.69 Å². The summed E-state index contributed by atoms with van der Waals surface area (Å²) in [5.74, 6) is -0.222. The molecular weight excluding hydrogens is 334 g/mol. The second-order valence-electron chi connectivity index (χ2n) is 5.89. The molecule has 26 heavy (non-hydrogen) atoms. The average Bonchev–Trinajstić information content (AvgIpc) is 3.15. The van der Waals surface area contributed by atoms with E-state index in [1.807, 2.05) is 31.2 Å². The number of carbonyl (C=O) groups is 1. The standard InChI is InChI=1S/C18H19N5O3/c1-11-4-3-5-13(8-11)19-18(25)14(17-20-22-23-21-17)9-12-6-7-15(24)16(10-12)26-2/h3-8,10,14,24H,9H2,1-2H3,(H,19,25)(H,20,21,22,23). The first kappa shape index (κ1) is 17.4. The number of carbonyl (C=O) groups excluding carboxylic acids is 1. The number of nitrogens with one attached hydrogen (secondary N) is 2. The van der Waals surface area contributed by atoms with E-state index in [2.05, 4.69) is 25.9 Å². The third kappa shape index (κ3) is 3.97. The van der Waals surface area contributed by atoms with Gasteiger partial charge in [-0.15, -0.1) is 10.2 Å². The van der Waals surface area contributed by atoms with Crippen LogP contribution in [0.4, 0.5) is 5.69 Å². The Morgan fingerprint density at radius 2 is 2.15 bits per heavy atom. The van der Waals surface area contributed by atoms with Crippen LogP contribution in [0, 0.1) is 6.92 Å². The van der Waals surface area contributed by atoms with Crippen LogP contribution in [0.25, 0.3) is 0 Å². The van der Waals surface area contributed by atoms with Gasteiger partial charge in [0.2, 0.25) is 5.91 Å². The first-order chi connectivity index (χ1) is 12.6. The fourth-order valence-corrected chi connectivity index (χ4v) is 2.66. The Labute approximate surface area is 150 Å². The van der Waals surface area contributed by atoms with Crippen molar-refractivity contribution in [1.82, 2.24) is 20.6 Å². The number of aromatic amines is 1. The van der Waals surface area contributed by atoms with Crippen molar-refractivity contribution in [2.24, 2.45) is 0 Å². The second-order valence-corrected chi connectivity index (χ2v) is 5.89. The Hall–Kier alpha value is -3.42. The summed E-state index contributed by atoms with van der Waals surface area (Å²) in [6.45, 7) is 1.95. The molecule has 0 fully saturated rings. The molecule has 0 bridgehead atoms. The van der Waals surface area contributed by atoms with E-state index in [-0.39, 0.29) is 11.7 Å². The zero-order valence-electron chi connectivity index (χ0n) is 14.4. The van der Waals surface area contributed by atoms with Crippen LogP contribution in [0.2, 0.25) is 0 Å². The zero-order chi connectivity index (χ0) is 18.5. The lowest BCUT2D eigenvalue weighted by molar-refractivity contribution is -0.117. The second kappa shape index (κ2) is 7.64. The van der Waals surface area contributed by atoms with Crippen LogP contribution < -0.4 is 10.1 Å². The quantitative estimate of drug-likeness (QED) is 0.626. The number of aryl methyl sites for hydroxylation is 1. The van der Waals surface area contributed by atoms with Crippen LogP contribution >= 0.6 is 0 Å². The summed E-state index contributed by atoms with van der Waals surface area (Å²) in [4.78, 5) is 12.8. The maximum absolute atomic E-state index is 12.8. The summed E-state index contributed by atoms with van der Waals surface area (Å²) in [5, 5.41) is 26.5. The molecule has 0 aliphatic heterocycles. The maximum atomic E-state index is 12.8. The molecule has 1 aromatic heterocycles. The maximum Gasteiger partial charge on any atom is 0.235 e. The number of rotatable bonds is 6. The number of amides is 1. The van der Waals surface area contributed by atoms with Crippen LogP contribution in [0.3, 0.4) is 0 Å². The summed E-state index contributed by atoms with van der Waals surface area (Å²) in [6, 6.07) is 12.5. The number of nitrogens with zero attached hydrogens (tertiary/aromatic N) is 3. The first-order valence-corrected chi connectivity index (χ1v) is 8.03. The van der Waals surface area contributed by atoms with Crippen LogP contribution in [0.1, 0.15) is 22.9 Å². The predicted molar refractivity (Wildman–Crippen MR) is 95.1 cm³/mol. The summed E-state index contributed by atoms with van der Waals surface area (Å²) in [7, 11) is 1.47. The number of benzene rings is 2. The van der Waals surface area contributed by atoms with E-state index in [0.717, 1.165) is 11.1 Å². The minimum absolute atomic E-state index is 0.0385. The fourth-order valence-electron chi connectivity index (χ4n) is 2.66. The van der Waals surface area contributed by atoms with E-state index in [4.69, 9.17) is 4.74 Å². The molecule has 8 nitrogen and oxygen atoms in total. The molecule has 134 valence electrons. The van der Waals surface area contributed by atoms with E-state index < -0.39 is 5.92 Å². The van der Waals surface area contributed by atoms with Gasteiger partial charge in [0.05, 0.1) is 7.11 Å². The monoisotopic (exact) mass is 353 g/mol. The molecule has 1 unspecified atom stereocenters. The topological polar surface area (TPSA) is 113 Å². The Morgan fingerprint density at radius 1 is 1.31 bits per heavy atom. The highest BCUT2D eigenvalue weighted by Crippen LogP contribution is 2.29. The molecule has 3 rings (SSSR count). The number of phenolic OH excluding ortho intramolecular Hbond substituents is 1. The predicted octanol–water partition coefficient (Wildman–Crippen LogP) is 2.19. The van der Waals surface area contributed by atoms with Gasteiger partial charge in [-0.05, 0) is 48.7 Å². The zero-order valence-corrected chi connectivity index (χ0v) is 14.4. The molecule has 0 radical (unpaired) electrons. The molecule has 1 atom stereocenters. The number of hydrogen-bond donors (Lipinski definition) is 3. The van der Waals surface area contributed by atoms with Crippen molar-refractivity contribution in [2.45, 2.75) is 19.3 Å². The number of H-pyrrole nitrogens is 1. The minimum Gasteiger partial charge on any atom is -0.504 e. The third-order valence-corrected chi connectivity index (χ3v) is 3.96. The van der Waals surface area contributed by atoms with Gasteiger partial charge >= 0.3 is 0 Å². The van der Waals surface area contributed by atoms with Gasteiger partial charge in [-0.3, -0.25) is 4.79 Å². The Bertz CT molecular complexity index is 896. The highest BCUT2D eigenvalue weighted by molar-refractivity contribution is 5.95. The van der Waals surface area contributed by atoms with Crippen molar-refractivity contribution in [3.8, 4) is 11.5 Å². The molecular formula is C18H19N5O3. The summed E-state index contributed by atoms with van der Waals surface area (Å²) >= 11 is 0. The van der Waals surface area contributed by atoms with E-state index in [9.17, 15) is 9.90 Å². The lowest BCUT2D eigenvalue weighted by Crippen LogP contribution is -2.24. The van der Waals surface area contributed by atoms with Gasteiger partial charge in [0.25, 0.3) is 0 Å². The lowest BCUT2D eigenvalue weighted by Gasteiger charge is -2.15. The average molecular weight is 353 g/mol. The van der Waals surface area contributed by atoms with Crippen molar-refractivity contribution in [2.75, 3.05) is 12.4 Å². The van der Waals surface area contributed by atoms with Crippen LogP contribution in [-0.2, 0) is 11.2 Å². The first-order valence-electron chi connectivity index (χ1n) is 8.03. The minimum atomic E-state index is -0.650. The number of aromatic hydroxyl groups is 1. The third-order valence-electron chi connectivity index (χ3n) is 3.96. The molecule has 0 saturated heterocycles. The van der Waals surface area contributed by atoms with Crippen LogP contribution in [0.5, 0.6) is 11.5 Å². The van der Waals surface area contributed by atoms with Gasteiger partial charge in [-0.25, -0.2) is 0 Å². The van der Waals surface area contributed by atoms with Crippen molar-refractivity contribution < 1.29 is 14.6 Å². The van der Waals surface area contributed by atoms with Crippen molar-refractivity contribution in [1.29, 1.82) is 0 Å². The Morgan fingerprint density at radius 3 is 2.85 bits per heavy atom. The Balaban J connectivity index is 1.85. The summed E-state index contributed by atoms with van der Waals surface area (Å²) < 4.78 is 5.13. The molecule has 8 heteroatoms. The van der Waals surface area contributed by atoms with Gasteiger partial charge in [0.1, 0.15) is 5.92 Å². The van der Waals surface area contributed by atoms with E-state index in [1.54, 1.807) is 12.1 Å². The molecule has 0 saturated carbocycles. The van der Waals surface area contributed by atoms with Crippen molar-refractivity contribution in [3.63, 3.8) is 0 Å². The molecule has 1 amide bonds. The lowest BCUT2D eigenvalue weighted by atomic mass is 9.97. The fraction of sp³-hybridized carbons (Fsp3) is 0.222. The smallest absolute Gasteiger partial charge is 0.235 e. The van der Waals surface area contributed by atoms with E-state index in [1.165, 1.54) is 13.2 Å². The highest BCUT2D eigenvalue weighted by atomic mass is 16.5. The van der Waals surface area contributed by atoms with Crippen molar-refractivity contribution in [3.05, 3.63) is 59.4 Å². The van der Waals surface area contributed by atoms with Crippen molar-refractivity contribution >= 4 is 11.6 Å². The van der Waals surface area contributed by atoms with Crippen LogP contribution in [0.15, 0.2) is 42.5 Å². The highest BCUT2D eigenvalue weighted by Gasteiger charge is 2.26. The van der Waals surface area contributed by atoms with E-state index in [0.29, 0.717) is 23.7 Å². The SMILES string of the molecule is COc1cc(CC(C(=O)Nc2cccc(C)c2)c2nn[nH]n2)ccc1O. The largest absolute Gasteiger partial charge is 0.504 e. The number of hydrogen-bond acceptors (Lipinski definition) is 6. The van der Waals surface area contributed by atoms with Crippen LogP contribution in [-0.4, -0.2) is 38.7 Å². The number of anilines is 1. The Kier molecular flexibility index (Phi) is 5.12. The number of tetrazole rings is 1. The molecule has 0 aliphatic carbocycles. The normalized spacial score (nSPS) is 11.8. The number of methoxy groups -OCH3 is 1. The molecule has 0 spiro atoms. The molecule has 3 N–H and O–H groups in total. The van der Waals surface area contributed by atoms with Gasteiger partial charge < -0.3 is 15.2 Å². The number of aromatic nitrogens is 4.